The Bertz CT molecular complexity index is 189. The lowest BCUT2D eigenvalue weighted by molar-refractivity contribution is 1.32. The van der Waals surface area contributed by atoms with Crippen molar-refractivity contribution in [3.8, 4) is 0 Å². The topological polar surface area (TPSA) is 0 Å². The molecule has 0 saturated heterocycles. The summed E-state index contributed by atoms with van der Waals surface area (Å²) in [5.74, 6) is 0. The van der Waals surface area contributed by atoms with Gasteiger partial charge >= 0.3 is 0 Å². The molecule has 0 N–H and O–H groups in total. The van der Waals surface area contributed by atoms with Gasteiger partial charge in [0.15, 0.2) is 0 Å². The minimum Gasteiger partial charge on any atom is -0.0643 e. The molecule has 1 aromatic rings. The van der Waals surface area contributed by atoms with Crippen molar-refractivity contribution in [1.29, 1.82) is 0 Å². The lowest BCUT2D eigenvalue weighted by Crippen LogP contribution is -1.87. The molecule has 10 heavy (non-hydrogen) atoms. The van der Waals surface area contributed by atoms with Crippen LogP contribution in [0.15, 0.2) is 24.3 Å². The lowest BCUT2D eigenvalue weighted by Gasteiger charge is -1.98. The minimum absolute atomic E-state index is 0.591. The molecule has 0 amide bonds. The molecule has 0 aliphatic heterocycles. The van der Waals surface area contributed by atoms with Gasteiger partial charge in [-0.15, -0.1) is 0 Å². The molecule has 0 saturated carbocycles. The first kappa shape index (κ1) is 7.46. The van der Waals surface area contributed by atoms with Crippen LogP contribution in [0.1, 0.15) is 11.1 Å². The van der Waals surface area contributed by atoms with Crippen LogP contribution in [0.5, 0.6) is 0 Å². The Morgan fingerprint density at radius 3 is 1.90 bits per heavy atom. The van der Waals surface area contributed by atoms with Gasteiger partial charge in [-0.25, -0.2) is 0 Å². The molecule has 2 heteroatoms. The fraction of sp³-hybridized carbons (Fsp3) is 0.250. The third-order valence-electron chi connectivity index (χ3n) is 1.46. The number of benzene rings is 1. The van der Waals surface area contributed by atoms with Crippen LogP contribution in [0.3, 0.4) is 0 Å². The molecule has 1 aromatic carbocycles. The summed E-state index contributed by atoms with van der Waals surface area (Å²) in [7, 11) is 10.9. The SMILES string of the molecule is [B]Cc1cccc(C[B])c1. The minimum atomic E-state index is 0.591. The van der Waals surface area contributed by atoms with Crippen LogP contribution in [0, 0.1) is 0 Å². The van der Waals surface area contributed by atoms with Crippen LogP contribution in [-0.2, 0) is 12.6 Å². The van der Waals surface area contributed by atoms with Crippen molar-refractivity contribution < 1.29 is 0 Å². The van der Waals surface area contributed by atoms with Crippen molar-refractivity contribution in [1.82, 2.24) is 0 Å². The molecule has 0 bridgehead atoms. The van der Waals surface area contributed by atoms with Crippen molar-refractivity contribution in [3.63, 3.8) is 0 Å². The van der Waals surface area contributed by atoms with Gasteiger partial charge in [-0.05, 0) is 0 Å². The van der Waals surface area contributed by atoms with E-state index in [0.29, 0.717) is 12.6 Å². The second kappa shape index (κ2) is 3.50. The quantitative estimate of drug-likeness (QED) is 0.518. The zero-order chi connectivity index (χ0) is 7.40. The molecule has 0 fully saturated rings. The lowest BCUT2D eigenvalue weighted by atomic mass is 9.91. The predicted octanol–water partition coefficient (Wildman–Crippen LogP) is 1.02. The summed E-state index contributed by atoms with van der Waals surface area (Å²) >= 11 is 0. The van der Waals surface area contributed by atoms with Gasteiger partial charge in [-0.1, -0.05) is 48.0 Å². The number of hydrogen-bond donors (Lipinski definition) is 0. The Morgan fingerprint density at radius 2 is 1.50 bits per heavy atom. The van der Waals surface area contributed by atoms with Gasteiger partial charge in [0.1, 0.15) is 0 Å². The van der Waals surface area contributed by atoms with E-state index in [-0.39, 0.29) is 0 Å². The molecular weight excluding hydrogens is 118 g/mol. The van der Waals surface area contributed by atoms with Gasteiger partial charge < -0.3 is 0 Å². The van der Waals surface area contributed by atoms with E-state index in [1.165, 1.54) is 0 Å². The summed E-state index contributed by atoms with van der Waals surface area (Å²) in [4.78, 5) is 0. The van der Waals surface area contributed by atoms with Crippen LogP contribution in [0.25, 0.3) is 0 Å². The highest BCUT2D eigenvalue weighted by atomic mass is 13.9. The van der Waals surface area contributed by atoms with Crippen molar-refractivity contribution in [2.24, 2.45) is 0 Å². The van der Waals surface area contributed by atoms with E-state index in [0.717, 1.165) is 11.1 Å². The molecular formula is C8H8B2. The molecule has 0 aliphatic rings. The monoisotopic (exact) mass is 126 g/mol. The maximum absolute atomic E-state index is 5.43. The van der Waals surface area contributed by atoms with Crippen LogP contribution in [0.2, 0.25) is 0 Å². The molecule has 0 unspecified atom stereocenters. The largest absolute Gasteiger partial charge is 0.0716 e. The van der Waals surface area contributed by atoms with Crippen LogP contribution in [-0.4, -0.2) is 15.7 Å². The Morgan fingerprint density at radius 1 is 1.00 bits per heavy atom. The van der Waals surface area contributed by atoms with E-state index < -0.39 is 0 Å². The molecule has 1 rings (SSSR count). The Hall–Kier alpha value is -0.650. The summed E-state index contributed by atoms with van der Waals surface area (Å²) in [5, 5.41) is 0. The third-order valence-corrected chi connectivity index (χ3v) is 1.46. The highest BCUT2D eigenvalue weighted by Crippen LogP contribution is 2.03. The normalized spacial score (nSPS) is 9.60. The molecule has 0 spiro atoms. The molecule has 0 aliphatic carbocycles. The molecule has 0 heterocycles. The van der Waals surface area contributed by atoms with Gasteiger partial charge in [0.05, 0.1) is 15.7 Å². The van der Waals surface area contributed by atoms with E-state index in [1.807, 2.05) is 24.3 Å². The smallest absolute Gasteiger partial charge is 0.0643 e. The van der Waals surface area contributed by atoms with E-state index in [9.17, 15) is 0 Å². The van der Waals surface area contributed by atoms with E-state index >= 15 is 0 Å². The maximum atomic E-state index is 5.43. The highest BCUT2D eigenvalue weighted by Gasteiger charge is 1.89. The second-order valence-electron chi connectivity index (χ2n) is 2.23. The zero-order valence-electron chi connectivity index (χ0n) is 5.88. The molecule has 0 nitrogen and oxygen atoms in total. The van der Waals surface area contributed by atoms with Crippen molar-refractivity contribution in [2.45, 2.75) is 12.6 Å². The summed E-state index contributed by atoms with van der Waals surface area (Å²) in [6.07, 6.45) is 1.18. The number of hydrogen-bond acceptors (Lipinski definition) is 0. The molecule has 4 radical (unpaired) electrons. The second-order valence-corrected chi connectivity index (χ2v) is 2.23. The van der Waals surface area contributed by atoms with Crippen molar-refractivity contribution in [3.05, 3.63) is 35.4 Å². The summed E-state index contributed by atoms with van der Waals surface area (Å²) < 4.78 is 0. The third kappa shape index (κ3) is 1.66. The van der Waals surface area contributed by atoms with Gasteiger partial charge in [0.2, 0.25) is 0 Å². The standard InChI is InChI=1S/C8H8B2/c9-5-7-2-1-3-8(4-7)6-10/h1-4H,5-6H2. The first-order valence-corrected chi connectivity index (χ1v) is 3.34. The maximum Gasteiger partial charge on any atom is 0.0716 e. The van der Waals surface area contributed by atoms with E-state index in [2.05, 4.69) is 0 Å². The average Bonchev–Trinajstić information content (AvgIpc) is 2.05. The molecule has 0 atom stereocenters. The Balaban J connectivity index is 2.87. The van der Waals surface area contributed by atoms with Gasteiger partial charge in [-0.3, -0.25) is 0 Å². The van der Waals surface area contributed by atoms with Crippen molar-refractivity contribution >= 4 is 15.7 Å². The fourth-order valence-electron chi connectivity index (χ4n) is 0.884. The Labute approximate surface area is 64.5 Å². The van der Waals surface area contributed by atoms with Crippen LogP contribution >= 0.6 is 0 Å². The fourth-order valence-corrected chi connectivity index (χ4v) is 0.884. The summed E-state index contributed by atoms with van der Waals surface area (Å²) in [6, 6.07) is 8.00. The molecule has 46 valence electrons. The van der Waals surface area contributed by atoms with E-state index in [4.69, 9.17) is 15.7 Å². The van der Waals surface area contributed by atoms with Crippen LogP contribution in [0.4, 0.5) is 0 Å². The van der Waals surface area contributed by atoms with Crippen LogP contribution < -0.4 is 0 Å². The summed E-state index contributed by atoms with van der Waals surface area (Å²) in [6.45, 7) is 0. The zero-order valence-corrected chi connectivity index (χ0v) is 5.88. The number of rotatable bonds is 2. The first-order valence-electron chi connectivity index (χ1n) is 3.34. The highest BCUT2D eigenvalue weighted by molar-refractivity contribution is 6.09. The Kier molecular flexibility index (Phi) is 2.61. The van der Waals surface area contributed by atoms with Gasteiger partial charge in [0.25, 0.3) is 0 Å². The predicted molar refractivity (Wildman–Crippen MR) is 45.4 cm³/mol. The van der Waals surface area contributed by atoms with Crippen molar-refractivity contribution in [2.75, 3.05) is 0 Å². The summed E-state index contributed by atoms with van der Waals surface area (Å²) in [5.41, 5.74) is 2.28. The van der Waals surface area contributed by atoms with Gasteiger partial charge in [0, 0.05) is 0 Å². The first-order chi connectivity index (χ1) is 4.86. The average molecular weight is 126 g/mol. The van der Waals surface area contributed by atoms with E-state index in [1.54, 1.807) is 0 Å². The molecule has 0 aromatic heterocycles. The van der Waals surface area contributed by atoms with Gasteiger partial charge in [-0.2, -0.15) is 0 Å².